The van der Waals surface area contributed by atoms with Gasteiger partial charge in [-0.3, -0.25) is 9.59 Å². The van der Waals surface area contributed by atoms with Gasteiger partial charge in [0.15, 0.2) is 0 Å². The van der Waals surface area contributed by atoms with Crippen molar-refractivity contribution in [3.63, 3.8) is 0 Å². The van der Waals surface area contributed by atoms with E-state index in [-0.39, 0.29) is 36.7 Å². The van der Waals surface area contributed by atoms with Gasteiger partial charge in [0.25, 0.3) is 5.91 Å². The molecule has 7 heteroatoms. The first-order chi connectivity index (χ1) is 13.0. The van der Waals surface area contributed by atoms with Crippen molar-refractivity contribution in [3.8, 4) is 11.5 Å². The van der Waals surface area contributed by atoms with Gasteiger partial charge in [-0.1, -0.05) is 6.07 Å². The van der Waals surface area contributed by atoms with E-state index in [0.29, 0.717) is 30.2 Å². The second-order valence-electron chi connectivity index (χ2n) is 6.23. The third kappa shape index (κ3) is 4.97. The summed E-state index contributed by atoms with van der Waals surface area (Å²) in [6.07, 6.45) is 0.129. The van der Waals surface area contributed by atoms with Crippen molar-refractivity contribution in [1.82, 2.24) is 10.2 Å². The number of methoxy groups -OCH3 is 1. The molecule has 3 rings (SSSR count). The van der Waals surface area contributed by atoms with E-state index >= 15 is 0 Å². The normalized spacial score (nSPS) is 13.6. The predicted molar refractivity (Wildman–Crippen MR) is 97.3 cm³/mol. The van der Waals surface area contributed by atoms with Gasteiger partial charge in [0, 0.05) is 18.5 Å². The lowest BCUT2D eigenvalue weighted by molar-refractivity contribution is -0.139. The molecule has 0 unspecified atom stereocenters. The van der Waals surface area contributed by atoms with Crippen molar-refractivity contribution in [2.45, 2.75) is 12.5 Å². The van der Waals surface area contributed by atoms with Crippen molar-refractivity contribution in [1.29, 1.82) is 0 Å². The van der Waals surface area contributed by atoms with Crippen LogP contribution in [-0.4, -0.2) is 49.6 Å². The van der Waals surface area contributed by atoms with Gasteiger partial charge in [-0.25, -0.2) is 4.39 Å². The van der Waals surface area contributed by atoms with E-state index in [2.05, 4.69) is 5.32 Å². The highest BCUT2D eigenvalue weighted by atomic mass is 19.1. The number of hydrogen-bond acceptors (Lipinski definition) is 4. The molecule has 142 valence electrons. The Balaban J connectivity index is 1.36. The minimum Gasteiger partial charge on any atom is -0.497 e. The first-order valence-corrected chi connectivity index (χ1v) is 8.67. The highest BCUT2D eigenvalue weighted by molar-refractivity contribution is 5.94. The lowest BCUT2D eigenvalue weighted by atomic mass is 10.1. The maximum atomic E-state index is 12.9. The van der Waals surface area contributed by atoms with Crippen molar-refractivity contribution >= 4 is 11.8 Å². The molecule has 0 spiro atoms. The molecule has 0 atom stereocenters. The van der Waals surface area contributed by atoms with E-state index in [1.807, 2.05) is 0 Å². The van der Waals surface area contributed by atoms with E-state index in [9.17, 15) is 14.0 Å². The van der Waals surface area contributed by atoms with E-state index in [1.165, 1.54) is 19.2 Å². The quantitative estimate of drug-likeness (QED) is 0.810. The fourth-order valence-corrected chi connectivity index (χ4v) is 2.73. The van der Waals surface area contributed by atoms with Crippen LogP contribution in [0.25, 0.3) is 0 Å². The lowest BCUT2D eigenvalue weighted by Crippen LogP contribution is -2.56. The second kappa shape index (κ2) is 8.53. The zero-order chi connectivity index (χ0) is 19.2. The number of likely N-dealkylation sites (tertiary alicyclic amines) is 1. The number of nitrogens with zero attached hydrogens (tertiary/aromatic N) is 1. The molecule has 0 aromatic heterocycles. The molecule has 6 nitrogen and oxygen atoms in total. The van der Waals surface area contributed by atoms with Crippen molar-refractivity contribution in [3.05, 3.63) is 59.9 Å². The number of ether oxygens (including phenoxy) is 2. The van der Waals surface area contributed by atoms with Crippen LogP contribution in [0, 0.1) is 5.82 Å². The third-order valence-electron chi connectivity index (χ3n) is 4.27. The molecule has 0 radical (unpaired) electrons. The van der Waals surface area contributed by atoms with E-state index in [0.717, 1.165) is 0 Å². The van der Waals surface area contributed by atoms with Gasteiger partial charge in [-0.2, -0.15) is 0 Å². The first kappa shape index (κ1) is 18.7. The van der Waals surface area contributed by atoms with Gasteiger partial charge in [-0.15, -0.1) is 0 Å². The minimum absolute atomic E-state index is 0.0418. The summed E-state index contributed by atoms with van der Waals surface area (Å²) in [4.78, 5) is 25.9. The molecule has 2 aromatic rings. The molecule has 0 bridgehead atoms. The van der Waals surface area contributed by atoms with Crippen molar-refractivity contribution < 1.29 is 23.5 Å². The maximum absolute atomic E-state index is 12.9. The molecule has 1 heterocycles. The van der Waals surface area contributed by atoms with Crippen LogP contribution in [0.15, 0.2) is 48.5 Å². The monoisotopic (exact) mass is 372 g/mol. The Bertz CT molecular complexity index is 804. The number of rotatable bonds is 7. The third-order valence-corrected chi connectivity index (χ3v) is 4.27. The largest absolute Gasteiger partial charge is 0.497 e. The summed E-state index contributed by atoms with van der Waals surface area (Å²) in [5.41, 5.74) is 0.485. The molecule has 0 saturated carbocycles. The number of hydrogen-bond donors (Lipinski definition) is 1. The fourth-order valence-electron chi connectivity index (χ4n) is 2.73. The molecular formula is C20H21FN2O4. The predicted octanol–water partition coefficient (Wildman–Crippen LogP) is 2.24. The van der Waals surface area contributed by atoms with Gasteiger partial charge < -0.3 is 19.7 Å². The first-order valence-electron chi connectivity index (χ1n) is 8.67. The molecule has 27 heavy (non-hydrogen) atoms. The molecule has 1 N–H and O–H groups in total. The lowest BCUT2D eigenvalue weighted by Gasteiger charge is -2.39. The molecule has 1 saturated heterocycles. The van der Waals surface area contributed by atoms with Gasteiger partial charge >= 0.3 is 0 Å². The number of benzene rings is 2. The topological polar surface area (TPSA) is 67.9 Å². The summed E-state index contributed by atoms with van der Waals surface area (Å²) in [7, 11) is 1.54. The Labute approximate surface area is 156 Å². The molecule has 1 aliphatic rings. The Morgan fingerprint density at radius 1 is 1.15 bits per heavy atom. The van der Waals surface area contributed by atoms with E-state index in [4.69, 9.17) is 9.47 Å². The fraction of sp³-hybridized carbons (Fsp3) is 0.300. The average molecular weight is 372 g/mol. The smallest absolute Gasteiger partial charge is 0.251 e. The number of carbonyl (C=O) groups is 2. The second-order valence-corrected chi connectivity index (χ2v) is 6.23. The summed E-state index contributed by atoms with van der Waals surface area (Å²) in [5, 5.41) is 2.73. The van der Waals surface area contributed by atoms with Crippen molar-refractivity contribution in [2.24, 2.45) is 0 Å². The van der Waals surface area contributed by atoms with Gasteiger partial charge in [0.05, 0.1) is 20.2 Å². The highest BCUT2D eigenvalue weighted by Gasteiger charge is 2.31. The van der Waals surface area contributed by atoms with E-state index < -0.39 is 0 Å². The standard InChI is InChI=1S/C20H21FN2O4/c1-26-17-4-2-3-14(11-17)20(25)22-10-9-19(24)23-12-18(13-23)27-16-7-5-15(21)6-8-16/h2-8,11,18H,9-10,12-13H2,1H3,(H,22,25). The number of amides is 2. The van der Waals surface area contributed by atoms with Crippen LogP contribution in [-0.2, 0) is 4.79 Å². The summed E-state index contributed by atoms with van der Waals surface area (Å²) in [6, 6.07) is 12.6. The van der Waals surface area contributed by atoms with Gasteiger partial charge in [0.1, 0.15) is 23.4 Å². The van der Waals surface area contributed by atoms with Gasteiger partial charge in [0.2, 0.25) is 5.91 Å². The highest BCUT2D eigenvalue weighted by Crippen LogP contribution is 2.19. The molecule has 2 amide bonds. The molecular weight excluding hydrogens is 351 g/mol. The summed E-state index contributed by atoms with van der Waals surface area (Å²) < 4.78 is 23.6. The molecule has 1 aliphatic heterocycles. The van der Waals surface area contributed by atoms with Crippen LogP contribution in [0.5, 0.6) is 11.5 Å². The summed E-state index contributed by atoms with van der Waals surface area (Å²) in [6.45, 7) is 1.23. The number of carbonyl (C=O) groups excluding carboxylic acids is 2. The van der Waals surface area contributed by atoms with Crippen LogP contribution in [0.1, 0.15) is 16.8 Å². The molecule has 1 fully saturated rings. The SMILES string of the molecule is COc1cccc(C(=O)NCCC(=O)N2CC(Oc3ccc(F)cc3)C2)c1. The van der Waals surface area contributed by atoms with Gasteiger partial charge in [-0.05, 0) is 42.5 Å². The Morgan fingerprint density at radius 2 is 1.89 bits per heavy atom. The molecule has 2 aromatic carbocycles. The van der Waals surface area contributed by atoms with Crippen LogP contribution < -0.4 is 14.8 Å². The molecule has 0 aliphatic carbocycles. The van der Waals surface area contributed by atoms with Crippen LogP contribution in [0.3, 0.4) is 0 Å². The summed E-state index contributed by atoms with van der Waals surface area (Å²) in [5.74, 6) is 0.581. The van der Waals surface area contributed by atoms with Crippen molar-refractivity contribution in [2.75, 3.05) is 26.7 Å². The Kier molecular flexibility index (Phi) is 5.90. The Hall–Kier alpha value is -3.09. The summed E-state index contributed by atoms with van der Waals surface area (Å²) >= 11 is 0. The zero-order valence-corrected chi connectivity index (χ0v) is 15.0. The number of halogens is 1. The maximum Gasteiger partial charge on any atom is 0.251 e. The zero-order valence-electron chi connectivity index (χ0n) is 15.0. The van der Waals surface area contributed by atoms with E-state index in [1.54, 1.807) is 41.3 Å². The van der Waals surface area contributed by atoms with Crippen LogP contribution in [0.4, 0.5) is 4.39 Å². The Morgan fingerprint density at radius 3 is 2.59 bits per heavy atom. The minimum atomic E-state index is -0.316. The van der Waals surface area contributed by atoms with Crippen LogP contribution >= 0.6 is 0 Å². The number of nitrogens with one attached hydrogen (secondary N) is 1. The van der Waals surface area contributed by atoms with Crippen LogP contribution in [0.2, 0.25) is 0 Å². The average Bonchev–Trinajstić information content (AvgIpc) is 2.65.